The third kappa shape index (κ3) is 3.96. The van der Waals surface area contributed by atoms with E-state index in [-0.39, 0.29) is 18.9 Å². The second-order valence-electron chi connectivity index (χ2n) is 3.63. The summed E-state index contributed by atoms with van der Waals surface area (Å²) in [5.74, 6) is 1.17. The predicted molar refractivity (Wildman–Crippen MR) is 73.8 cm³/mol. The average Bonchev–Trinajstić information content (AvgIpc) is 2.92. The molecule has 0 bridgehead atoms. The number of methoxy groups -OCH3 is 1. The third-order valence-corrected chi connectivity index (χ3v) is 3.02. The monoisotopic (exact) mass is 278 g/mol. The number of hydrogen-bond donors (Lipinski definition) is 1. The van der Waals surface area contributed by atoms with Gasteiger partial charge in [0.1, 0.15) is 0 Å². The summed E-state index contributed by atoms with van der Waals surface area (Å²) in [6.07, 6.45) is 1.91. The van der Waals surface area contributed by atoms with Crippen LogP contribution in [0.5, 0.6) is 11.5 Å². The van der Waals surface area contributed by atoms with Crippen molar-refractivity contribution in [3.05, 3.63) is 35.8 Å². The molecule has 0 aliphatic rings. The lowest BCUT2D eigenvalue weighted by Crippen LogP contribution is -2.15. The fraction of sp³-hybridized carbons (Fsp3) is 0.231. The highest BCUT2D eigenvalue weighted by molar-refractivity contribution is 7.13. The molecule has 19 heavy (non-hydrogen) atoms. The van der Waals surface area contributed by atoms with Crippen molar-refractivity contribution in [2.45, 2.75) is 6.42 Å². The zero-order chi connectivity index (χ0) is 13.5. The van der Waals surface area contributed by atoms with E-state index in [4.69, 9.17) is 9.47 Å². The highest BCUT2D eigenvalue weighted by Gasteiger charge is 2.06. The molecule has 5 nitrogen and oxygen atoms in total. The SMILES string of the molecule is COc1ccccc1OCCC(=O)Nc1nccs1. The number of thiazole rings is 1. The summed E-state index contributed by atoms with van der Waals surface area (Å²) < 4.78 is 10.7. The number of nitrogens with zero attached hydrogens (tertiary/aromatic N) is 1. The topological polar surface area (TPSA) is 60.5 Å². The van der Waals surface area contributed by atoms with Crippen LogP contribution in [0.4, 0.5) is 5.13 Å². The first-order chi connectivity index (χ1) is 9.29. The van der Waals surface area contributed by atoms with Gasteiger partial charge in [-0.25, -0.2) is 4.98 Å². The quantitative estimate of drug-likeness (QED) is 0.882. The molecule has 1 amide bonds. The zero-order valence-corrected chi connectivity index (χ0v) is 11.3. The van der Waals surface area contributed by atoms with Crippen LogP contribution in [0.25, 0.3) is 0 Å². The lowest BCUT2D eigenvalue weighted by Gasteiger charge is -2.09. The second kappa shape index (κ2) is 6.75. The first-order valence-electron chi connectivity index (χ1n) is 5.75. The van der Waals surface area contributed by atoms with E-state index in [0.29, 0.717) is 16.6 Å². The second-order valence-corrected chi connectivity index (χ2v) is 4.53. The van der Waals surface area contributed by atoms with Crippen molar-refractivity contribution in [3.63, 3.8) is 0 Å². The largest absolute Gasteiger partial charge is 0.493 e. The van der Waals surface area contributed by atoms with Crippen LogP contribution in [-0.4, -0.2) is 24.6 Å². The number of benzene rings is 1. The number of para-hydroxylation sites is 2. The van der Waals surface area contributed by atoms with E-state index in [2.05, 4.69) is 10.3 Å². The van der Waals surface area contributed by atoms with Crippen molar-refractivity contribution in [2.24, 2.45) is 0 Å². The van der Waals surface area contributed by atoms with E-state index in [1.807, 2.05) is 18.2 Å². The van der Waals surface area contributed by atoms with Crippen LogP contribution in [0.1, 0.15) is 6.42 Å². The van der Waals surface area contributed by atoms with Crippen molar-refractivity contribution in [1.82, 2.24) is 4.98 Å². The van der Waals surface area contributed by atoms with Crippen molar-refractivity contribution in [1.29, 1.82) is 0 Å². The van der Waals surface area contributed by atoms with Gasteiger partial charge in [0.05, 0.1) is 20.1 Å². The van der Waals surface area contributed by atoms with Crippen molar-refractivity contribution in [3.8, 4) is 11.5 Å². The summed E-state index contributed by atoms with van der Waals surface area (Å²) >= 11 is 1.38. The minimum Gasteiger partial charge on any atom is -0.493 e. The van der Waals surface area contributed by atoms with Gasteiger partial charge in [-0.05, 0) is 12.1 Å². The van der Waals surface area contributed by atoms with Crippen LogP contribution in [0.2, 0.25) is 0 Å². The Hall–Kier alpha value is -2.08. The average molecular weight is 278 g/mol. The molecular weight excluding hydrogens is 264 g/mol. The van der Waals surface area contributed by atoms with Gasteiger partial charge in [0, 0.05) is 11.6 Å². The van der Waals surface area contributed by atoms with Gasteiger partial charge in [-0.1, -0.05) is 12.1 Å². The van der Waals surface area contributed by atoms with E-state index in [1.54, 1.807) is 24.8 Å². The van der Waals surface area contributed by atoms with Gasteiger partial charge in [0.15, 0.2) is 16.6 Å². The van der Waals surface area contributed by atoms with Gasteiger partial charge < -0.3 is 14.8 Å². The van der Waals surface area contributed by atoms with E-state index < -0.39 is 0 Å². The molecule has 0 radical (unpaired) electrons. The molecule has 0 saturated heterocycles. The number of hydrogen-bond acceptors (Lipinski definition) is 5. The molecule has 1 aromatic carbocycles. The summed E-state index contributed by atoms with van der Waals surface area (Å²) in [7, 11) is 1.58. The van der Waals surface area contributed by atoms with Gasteiger partial charge in [0.2, 0.25) is 5.91 Å². The first kappa shape index (κ1) is 13.4. The van der Waals surface area contributed by atoms with E-state index in [9.17, 15) is 4.79 Å². The number of anilines is 1. The number of amides is 1. The summed E-state index contributed by atoms with van der Waals surface area (Å²) in [5, 5.41) is 5.10. The highest BCUT2D eigenvalue weighted by Crippen LogP contribution is 2.25. The molecule has 2 rings (SSSR count). The molecule has 1 aromatic heterocycles. The van der Waals surface area contributed by atoms with E-state index in [0.717, 1.165) is 0 Å². The van der Waals surface area contributed by atoms with Gasteiger partial charge in [0.25, 0.3) is 0 Å². The van der Waals surface area contributed by atoms with E-state index in [1.165, 1.54) is 11.3 Å². The Balaban J connectivity index is 1.78. The Kier molecular flexibility index (Phi) is 4.74. The number of ether oxygens (including phenoxy) is 2. The lowest BCUT2D eigenvalue weighted by atomic mass is 10.3. The van der Waals surface area contributed by atoms with Gasteiger partial charge in [-0.3, -0.25) is 4.79 Å². The van der Waals surface area contributed by atoms with Crippen LogP contribution in [0, 0.1) is 0 Å². The highest BCUT2D eigenvalue weighted by atomic mass is 32.1. The Morgan fingerprint density at radius 1 is 1.37 bits per heavy atom. The molecule has 1 N–H and O–H groups in total. The maximum atomic E-state index is 11.6. The molecule has 2 aromatic rings. The van der Waals surface area contributed by atoms with E-state index >= 15 is 0 Å². The van der Waals surface area contributed by atoms with Crippen molar-refractivity contribution < 1.29 is 14.3 Å². The number of carbonyl (C=O) groups is 1. The maximum Gasteiger partial charge on any atom is 0.229 e. The van der Waals surface area contributed by atoms with Crippen LogP contribution < -0.4 is 14.8 Å². The standard InChI is InChI=1S/C13H14N2O3S/c1-17-10-4-2-3-5-11(10)18-8-6-12(16)15-13-14-7-9-19-13/h2-5,7,9H,6,8H2,1H3,(H,14,15,16). The predicted octanol–water partition coefficient (Wildman–Crippen LogP) is 2.56. The summed E-state index contributed by atoms with van der Waals surface area (Å²) in [6.45, 7) is 0.289. The Bertz CT molecular complexity index is 528. The third-order valence-electron chi connectivity index (χ3n) is 2.33. The normalized spacial score (nSPS) is 9.95. The maximum absolute atomic E-state index is 11.6. The molecule has 0 saturated carbocycles. The number of rotatable bonds is 6. The summed E-state index contributed by atoms with van der Waals surface area (Å²) in [5.41, 5.74) is 0. The fourth-order valence-corrected chi connectivity index (χ4v) is 2.00. The number of nitrogens with one attached hydrogen (secondary N) is 1. The molecule has 0 fully saturated rings. The van der Waals surface area contributed by atoms with Crippen molar-refractivity contribution >= 4 is 22.4 Å². The molecule has 0 unspecified atom stereocenters. The van der Waals surface area contributed by atoms with Gasteiger partial charge in [-0.15, -0.1) is 11.3 Å². The van der Waals surface area contributed by atoms with Crippen LogP contribution >= 0.6 is 11.3 Å². The molecule has 1 heterocycles. The Morgan fingerprint density at radius 3 is 2.84 bits per heavy atom. The van der Waals surface area contributed by atoms with Crippen molar-refractivity contribution in [2.75, 3.05) is 19.0 Å². The summed E-state index contributed by atoms with van der Waals surface area (Å²) in [6, 6.07) is 7.33. The van der Waals surface area contributed by atoms with Crippen LogP contribution in [0.15, 0.2) is 35.8 Å². The Morgan fingerprint density at radius 2 is 2.16 bits per heavy atom. The molecular formula is C13H14N2O3S. The molecule has 100 valence electrons. The molecule has 0 aliphatic heterocycles. The van der Waals surface area contributed by atoms with Gasteiger partial charge >= 0.3 is 0 Å². The van der Waals surface area contributed by atoms with Crippen LogP contribution in [0.3, 0.4) is 0 Å². The molecule has 0 spiro atoms. The lowest BCUT2D eigenvalue weighted by molar-refractivity contribution is -0.116. The van der Waals surface area contributed by atoms with Crippen LogP contribution in [-0.2, 0) is 4.79 Å². The zero-order valence-electron chi connectivity index (χ0n) is 10.5. The molecule has 6 heteroatoms. The molecule has 0 atom stereocenters. The first-order valence-corrected chi connectivity index (χ1v) is 6.62. The minimum atomic E-state index is -0.121. The number of carbonyl (C=O) groups excluding carboxylic acids is 1. The summed E-state index contributed by atoms with van der Waals surface area (Å²) in [4.78, 5) is 15.6. The fourth-order valence-electron chi connectivity index (χ4n) is 1.46. The number of aromatic nitrogens is 1. The minimum absolute atomic E-state index is 0.121. The Labute approximate surface area is 115 Å². The smallest absolute Gasteiger partial charge is 0.229 e. The van der Waals surface area contributed by atoms with Gasteiger partial charge in [-0.2, -0.15) is 0 Å². The molecule has 0 aliphatic carbocycles.